The molecule has 0 spiro atoms. The molecular formula is C33H30O7. The number of fused-ring (bicyclic) bond motifs is 2. The van der Waals surface area contributed by atoms with Gasteiger partial charge in [0, 0.05) is 29.3 Å². The number of rotatable bonds is 6. The third-order valence-electron chi connectivity index (χ3n) is 7.25. The molecule has 2 aliphatic heterocycles. The number of hydrogen-bond acceptors (Lipinski definition) is 7. The van der Waals surface area contributed by atoms with Crippen molar-refractivity contribution in [2.24, 2.45) is 0 Å². The Kier molecular flexibility index (Phi) is 6.64. The van der Waals surface area contributed by atoms with E-state index in [0.29, 0.717) is 45.4 Å². The van der Waals surface area contributed by atoms with Gasteiger partial charge in [-0.1, -0.05) is 48.5 Å². The number of phenolic OH excluding ortho intramolecular Hbond substituents is 1. The van der Waals surface area contributed by atoms with Crippen LogP contribution in [0, 0.1) is 6.92 Å². The maximum atomic E-state index is 10.6. The first-order valence-electron chi connectivity index (χ1n) is 13.1. The van der Waals surface area contributed by atoms with Crippen molar-refractivity contribution in [3.8, 4) is 34.5 Å². The largest absolute Gasteiger partial charge is 0.507 e. The van der Waals surface area contributed by atoms with Crippen LogP contribution in [0.1, 0.15) is 40.3 Å². The van der Waals surface area contributed by atoms with E-state index in [9.17, 15) is 5.11 Å². The van der Waals surface area contributed by atoms with E-state index >= 15 is 0 Å². The van der Waals surface area contributed by atoms with Gasteiger partial charge in [0.25, 0.3) is 0 Å². The van der Waals surface area contributed by atoms with Crippen molar-refractivity contribution in [2.75, 3.05) is 14.2 Å². The molecule has 0 aromatic heterocycles. The standard InChI is InChI=1S/C33H30O7/c1-21-27(34)20-31-26(32(21)36-3)16-17-37-33(40-31,23-12-8-5-9-13-23)39-24-18-29(35-2)25-14-15-28(38-30(25)19-24)22-10-6-4-7-11-22/h4-13,16-20,28,34H,14-15H2,1-3H3. The van der Waals surface area contributed by atoms with E-state index in [-0.39, 0.29) is 11.9 Å². The second kappa shape index (κ2) is 10.4. The average Bonchev–Trinajstić information content (AvgIpc) is 3.17. The lowest BCUT2D eigenvalue weighted by atomic mass is 9.96. The molecule has 4 aromatic rings. The number of benzene rings is 4. The first kappa shape index (κ1) is 25.5. The molecule has 2 heterocycles. The molecule has 7 nitrogen and oxygen atoms in total. The number of phenols is 1. The van der Waals surface area contributed by atoms with Gasteiger partial charge in [0.1, 0.15) is 40.6 Å². The molecular weight excluding hydrogens is 508 g/mol. The Balaban J connectivity index is 1.43. The molecule has 0 amide bonds. The van der Waals surface area contributed by atoms with Gasteiger partial charge in [0.15, 0.2) is 0 Å². The first-order valence-corrected chi connectivity index (χ1v) is 13.1. The summed E-state index contributed by atoms with van der Waals surface area (Å²) in [6.07, 6.45) is 4.78. The third kappa shape index (κ3) is 4.53. The van der Waals surface area contributed by atoms with Crippen molar-refractivity contribution >= 4 is 6.08 Å². The summed E-state index contributed by atoms with van der Waals surface area (Å²) in [5, 5.41) is 10.6. The molecule has 0 saturated carbocycles. The normalized spacial score (nSPS) is 19.1. The fourth-order valence-corrected chi connectivity index (χ4v) is 5.21. The topological polar surface area (TPSA) is 75.6 Å². The van der Waals surface area contributed by atoms with Gasteiger partial charge in [0.05, 0.1) is 31.6 Å². The van der Waals surface area contributed by atoms with Crippen LogP contribution in [0.4, 0.5) is 0 Å². The van der Waals surface area contributed by atoms with E-state index in [1.165, 1.54) is 12.3 Å². The lowest BCUT2D eigenvalue weighted by Gasteiger charge is -2.33. The molecule has 204 valence electrons. The second-order valence-electron chi connectivity index (χ2n) is 9.67. The van der Waals surface area contributed by atoms with Crippen LogP contribution in [-0.2, 0) is 17.1 Å². The van der Waals surface area contributed by atoms with Crippen LogP contribution in [-0.4, -0.2) is 19.3 Å². The Hall–Kier alpha value is -4.78. The van der Waals surface area contributed by atoms with E-state index in [2.05, 4.69) is 12.1 Å². The van der Waals surface area contributed by atoms with Crippen LogP contribution in [0.5, 0.6) is 34.5 Å². The zero-order chi connectivity index (χ0) is 27.7. The molecule has 0 bridgehead atoms. The molecule has 2 atom stereocenters. The van der Waals surface area contributed by atoms with Crippen LogP contribution in [0.3, 0.4) is 0 Å². The molecule has 7 heteroatoms. The molecule has 2 unspecified atom stereocenters. The van der Waals surface area contributed by atoms with E-state index < -0.39 is 5.97 Å². The summed E-state index contributed by atoms with van der Waals surface area (Å²) < 4.78 is 37.1. The molecule has 0 fully saturated rings. The predicted octanol–water partition coefficient (Wildman–Crippen LogP) is 7.05. The van der Waals surface area contributed by atoms with E-state index in [1.807, 2.05) is 60.7 Å². The lowest BCUT2D eigenvalue weighted by molar-refractivity contribution is -0.285. The van der Waals surface area contributed by atoms with Gasteiger partial charge in [-0.25, -0.2) is 0 Å². The SMILES string of the molecule is COc1cc(OC2(c3ccccc3)OC=Cc3c(cc(O)c(C)c3OC)O2)cc2c1CCC(c1ccccc1)O2. The summed E-state index contributed by atoms with van der Waals surface area (Å²) in [5.41, 5.74) is 3.91. The van der Waals surface area contributed by atoms with Crippen LogP contribution >= 0.6 is 0 Å². The Bertz CT molecular complexity index is 1550. The van der Waals surface area contributed by atoms with Gasteiger partial charge in [-0.05, 0) is 43.5 Å². The highest BCUT2D eigenvalue weighted by atomic mass is 16.9. The van der Waals surface area contributed by atoms with Crippen LogP contribution in [0.25, 0.3) is 6.08 Å². The third-order valence-corrected chi connectivity index (χ3v) is 7.25. The zero-order valence-corrected chi connectivity index (χ0v) is 22.5. The van der Waals surface area contributed by atoms with Crippen molar-refractivity contribution in [2.45, 2.75) is 31.8 Å². The molecule has 0 radical (unpaired) electrons. The summed E-state index contributed by atoms with van der Waals surface area (Å²) in [5.74, 6) is 0.871. The van der Waals surface area contributed by atoms with Crippen LogP contribution in [0.2, 0.25) is 0 Å². The zero-order valence-electron chi connectivity index (χ0n) is 22.5. The predicted molar refractivity (Wildman–Crippen MR) is 150 cm³/mol. The van der Waals surface area contributed by atoms with Gasteiger partial charge in [-0.15, -0.1) is 0 Å². The van der Waals surface area contributed by atoms with Gasteiger partial charge in [-0.3, -0.25) is 0 Å². The fourth-order valence-electron chi connectivity index (χ4n) is 5.21. The summed E-state index contributed by atoms with van der Waals surface area (Å²) in [6, 6.07) is 24.7. The second-order valence-corrected chi connectivity index (χ2v) is 9.67. The minimum absolute atomic E-state index is 0.0312. The van der Waals surface area contributed by atoms with Gasteiger partial charge in [0.2, 0.25) is 0 Å². The number of hydrogen-bond donors (Lipinski definition) is 1. The van der Waals surface area contributed by atoms with E-state index in [1.54, 1.807) is 27.2 Å². The summed E-state index contributed by atoms with van der Waals surface area (Å²) in [4.78, 5) is 0. The summed E-state index contributed by atoms with van der Waals surface area (Å²) in [7, 11) is 3.18. The van der Waals surface area contributed by atoms with Crippen molar-refractivity contribution in [1.82, 2.24) is 0 Å². The molecule has 40 heavy (non-hydrogen) atoms. The molecule has 6 rings (SSSR count). The fraction of sp³-hybridized carbons (Fsp3) is 0.212. The van der Waals surface area contributed by atoms with Crippen molar-refractivity contribution in [3.63, 3.8) is 0 Å². The molecule has 0 aliphatic carbocycles. The van der Waals surface area contributed by atoms with Crippen LogP contribution in [0.15, 0.2) is 85.1 Å². The quantitative estimate of drug-likeness (QED) is 0.282. The van der Waals surface area contributed by atoms with E-state index in [0.717, 1.165) is 24.0 Å². The molecule has 4 aromatic carbocycles. The Morgan fingerprint density at radius 1 is 0.900 bits per heavy atom. The van der Waals surface area contributed by atoms with Gasteiger partial charge >= 0.3 is 5.97 Å². The highest BCUT2D eigenvalue weighted by Crippen LogP contribution is 2.47. The maximum Gasteiger partial charge on any atom is 0.446 e. The summed E-state index contributed by atoms with van der Waals surface area (Å²) >= 11 is 0. The van der Waals surface area contributed by atoms with E-state index in [4.69, 9.17) is 28.4 Å². The molecule has 0 saturated heterocycles. The minimum atomic E-state index is -1.73. The van der Waals surface area contributed by atoms with Gasteiger partial charge in [-0.2, -0.15) is 0 Å². The maximum absolute atomic E-state index is 10.6. The smallest absolute Gasteiger partial charge is 0.446 e. The van der Waals surface area contributed by atoms with Gasteiger partial charge < -0.3 is 33.5 Å². The molecule has 2 aliphatic rings. The first-order chi connectivity index (χ1) is 19.5. The minimum Gasteiger partial charge on any atom is -0.507 e. The van der Waals surface area contributed by atoms with Crippen LogP contribution < -0.4 is 23.7 Å². The molecule has 1 N–H and O–H groups in total. The van der Waals surface area contributed by atoms with Crippen molar-refractivity contribution in [3.05, 3.63) is 113 Å². The highest BCUT2D eigenvalue weighted by molar-refractivity contribution is 5.69. The van der Waals surface area contributed by atoms with Crippen molar-refractivity contribution in [1.29, 1.82) is 0 Å². The Morgan fingerprint density at radius 3 is 2.38 bits per heavy atom. The highest BCUT2D eigenvalue weighted by Gasteiger charge is 2.43. The monoisotopic (exact) mass is 538 g/mol. The Labute approximate surface area is 233 Å². The lowest BCUT2D eigenvalue weighted by Crippen LogP contribution is -2.41. The number of methoxy groups -OCH3 is 2. The summed E-state index contributed by atoms with van der Waals surface area (Å²) in [6.45, 7) is 1.77. The number of aromatic hydroxyl groups is 1. The number of ether oxygens (including phenoxy) is 6. The van der Waals surface area contributed by atoms with Crippen molar-refractivity contribution < 1.29 is 33.5 Å². The Morgan fingerprint density at radius 2 is 1.65 bits per heavy atom. The average molecular weight is 539 g/mol.